The monoisotopic (exact) mass is 375 g/mol. The molecule has 2 aromatic rings. The van der Waals surface area contributed by atoms with Crippen molar-refractivity contribution in [3.8, 4) is 6.07 Å². The largest absolute Gasteiger partial charge is 0.458 e. The molecule has 2 aromatic carbocycles. The molecule has 7 heteroatoms. The molecule has 2 heterocycles. The summed E-state index contributed by atoms with van der Waals surface area (Å²) in [7, 11) is 1.51. The van der Waals surface area contributed by atoms with Gasteiger partial charge in [-0.1, -0.05) is 30.3 Å². The first kappa shape index (κ1) is 17.7. The second-order valence-corrected chi connectivity index (χ2v) is 6.77. The zero-order chi connectivity index (χ0) is 19.9. The normalized spacial score (nSPS) is 20.4. The second-order valence-electron chi connectivity index (χ2n) is 6.77. The van der Waals surface area contributed by atoms with E-state index in [2.05, 4.69) is 6.07 Å². The van der Waals surface area contributed by atoms with Gasteiger partial charge < -0.3 is 9.64 Å². The fourth-order valence-electron chi connectivity index (χ4n) is 3.90. The summed E-state index contributed by atoms with van der Waals surface area (Å²) >= 11 is 0. The van der Waals surface area contributed by atoms with Crippen LogP contribution in [0, 0.1) is 11.3 Å². The minimum absolute atomic E-state index is 0.115. The quantitative estimate of drug-likeness (QED) is 0.767. The molecular weight excluding hydrogens is 358 g/mol. The van der Waals surface area contributed by atoms with Crippen LogP contribution in [0.2, 0.25) is 0 Å². The van der Waals surface area contributed by atoms with Gasteiger partial charge in [-0.15, -0.1) is 0 Å². The first-order valence-corrected chi connectivity index (χ1v) is 8.86. The molecule has 140 valence electrons. The molecule has 0 N–H and O–H groups in total. The van der Waals surface area contributed by atoms with Gasteiger partial charge >= 0.3 is 5.97 Å². The lowest BCUT2D eigenvalue weighted by Crippen LogP contribution is -2.67. The Hall–Kier alpha value is -3.66. The smallest absolute Gasteiger partial charge is 0.354 e. The van der Waals surface area contributed by atoms with Gasteiger partial charge in [-0.3, -0.25) is 14.5 Å². The summed E-state index contributed by atoms with van der Waals surface area (Å²) in [4.78, 5) is 41.4. The Labute approximate surface area is 161 Å². The van der Waals surface area contributed by atoms with Crippen LogP contribution >= 0.6 is 0 Å². The van der Waals surface area contributed by atoms with Crippen LogP contribution in [0.3, 0.4) is 0 Å². The van der Waals surface area contributed by atoms with Crippen molar-refractivity contribution in [2.75, 3.05) is 11.9 Å². The Morgan fingerprint density at radius 1 is 1.18 bits per heavy atom. The number of rotatable bonds is 3. The molecule has 0 radical (unpaired) electrons. The standard InChI is InChI=1S/C21H17N3O4/c1-23-19(26)16-8-4-5-9-17(16)24-18(25)10-11-21(23,24)20(27)28-13-15-7-3-2-6-14(15)12-22/h2-9H,10-11,13H2,1H3/t21-/m0/s1. The van der Waals surface area contributed by atoms with Crippen LogP contribution < -0.4 is 4.90 Å². The summed E-state index contributed by atoms with van der Waals surface area (Å²) in [6.07, 6.45) is 0.289. The maximum atomic E-state index is 13.2. The predicted octanol–water partition coefficient (Wildman–Crippen LogP) is 2.21. The number of carbonyl (C=O) groups excluding carboxylic acids is 3. The minimum atomic E-state index is -1.51. The number of esters is 1. The third-order valence-electron chi connectivity index (χ3n) is 5.37. The van der Waals surface area contributed by atoms with E-state index in [0.717, 1.165) is 0 Å². The fourth-order valence-corrected chi connectivity index (χ4v) is 3.90. The van der Waals surface area contributed by atoms with Gasteiger partial charge in [0.15, 0.2) is 0 Å². The van der Waals surface area contributed by atoms with Crippen LogP contribution in [-0.4, -0.2) is 35.4 Å². The van der Waals surface area contributed by atoms with E-state index < -0.39 is 11.6 Å². The summed E-state index contributed by atoms with van der Waals surface area (Å²) in [5, 5.41) is 9.21. The number of nitrogens with zero attached hydrogens (tertiary/aromatic N) is 3. The van der Waals surface area contributed by atoms with Crippen molar-refractivity contribution < 1.29 is 19.1 Å². The summed E-state index contributed by atoms with van der Waals surface area (Å²) in [5.74, 6) is -1.26. The predicted molar refractivity (Wildman–Crippen MR) is 98.9 cm³/mol. The molecule has 0 unspecified atom stereocenters. The van der Waals surface area contributed by atoms with Gasteiger partial charge in [0.25, 0.3) is 5.91 Å². The molecule has 28 heavy (non-hydrogen) atoms. The van der Waals surface area contributed by atoms with E-state index in [1.807, 2.05) is 0 Å². The number of carbonyl (C=O) groups is 3. The molecule has 1 saturated heterocycles. The van der Waals surface area contributed by atoms with Crippen LogP contribution in [0.5, 0.6) is 0 Å². The number of benzene rings is 2. The molecule has 0 aromatic heterocycles. The van der Waals surface area contributed by atoms with Gasteiger partial charge in [0.1, 0.15) is 6.61 Å². The van der Waals surface area contributed by atoms with Crippen LogP contribution in [0.1, 0.15) is 34.3 Å². The van der Waals surface area contributed by atoms with E-state index in [4.69, 9.17) is 4.74 Å². The lowest BCUT2D eigenvalue weighted by atomic mass is 9.97. The molecule has 2 amide bonds. The van der Waals surface area contributed by atoms with E-state index in [0.29, 0.717) is 22.4 Å². The Morgan fingerprint density at radius 2 is 1.89 bits per heavy atom. The van der Waals surface area contributed by atoms with E-state index in [1.54, 1.807) is 48.5 Å². The summed E-state index contributed by atoms with van der Waals surface area (Å²) in [6, 6.07) is 15.6. The molecule has 0 aliphatic carbocycles. The van der Waals surface area contributed by atoms with Crippen molar-refractivity contribution in [2.24, 2.45) is 0 Å². The Bertz CT molecular complexity index is 1040. The zero-order valence-corrected chi connectivity index (χ0v) is 15.2. The van der Waals surface area contributed by atoms with E-state index in [1.165, 1.54) is 16.8 Å². The average Bonchev–Trinajstić information content (AvgIpc) is 3.09. The molecule has 1 fully saturated rings. The maximum Gasteiger partial charge on any atom is 0.354 e. The zero-order valence-electron chi connectivity index (χ0n) is 15.2. The van der Waals surface area contributed by atoms with Gasteiger partial charge in [-0.25, -0.2) is 4.79 Å². The van der Waals surface area contributed by atoms with Crippen LogP contribution in [-0.2, 0) is 20.9 Å². The van der Waals surface area contributed by atoms with Gasteiger partial charge in [-0.05, 0) is 18.2 Å². The van der Waals surface area contributed by atoms with Crippen LogP contribution in [0.25, 0.3) is 0 Å². The number of nitriles is 1. The van der Waals surface area contributed by atoms with Crippen LogP contribution in [0.4, 0.5) is 5.69 Å². The highest BCUT2D eigenvalue weighted by atomic mass is 16.5. The number of ether oxygens (including phenoxy) is 1. The van der Waals surface area contributed by atoms with Crippen molar-refractivity contribution in [1.29, 1.82) is 5.26 Å². The Morgan fingerprint density at radius 3 is 2.68 bits per heavy atom. The number of likely N-dealkylation sites (N-methyl/N-ethyl adjacent to an activating group) is 1. The van der Waals surface area contributed by atoms with E-state index in [-0.39, 0.29) is 31.3 Å². The molecule has 2 aliphatic heterocycles. The number of para-hydroxylation sites is 1. The van der Waals surface area contributed by atoms with Crippen molar-refractivity contribution in [2.45, 2.75) is 25.1 Å². The molecule has 1 atom stereocenters. The minimum Gasteiger partial charge on any atom is -0.458 e. The van der Waals surface area contributed by atoms with Crippen LogP contribution in [0.15, 0.2) is 48.5 Å². The molecule has 4 rings (SSSR count). The van der Waals surface area contributed by atoms with Crippen molar-refractivity contribution in [3.05, 3.63) is 65.2 Å². The molecule has 0 bridgehead atoms. The topological polar surface area (TPSA) is 90.7 Å². The molecule has 7 nitrogen and oxygen atoms in total. The summed E-state index contributed by atoms with van der Waals surface area (Å²) < 4.78 is 5.52. The maximum absolute atomic E-state index is 13.2. The Balaban J connectivity index is 1.71. The lowest BCUT2D eigenvalue weighted by molar-refractivity contribution is -0.157. The van der Waals surface area contributed by atoms with Crippen molar-refractivity contribution in [3.63, 3.8) is 0 Å². The van der Waals surface area contributed by atoms with Gasteiger partial charge in [0.05, 0.1) is 22.9 Å². The average molecular weight is 375 g/mol. The fraction of sp³-hybridized carbons (Fsp3) is 0.238. The third kappa shape index (κ3) is 2.38. The second kappa shape index (κ2) is 6.50. The number of fused-ring (bicyclic) bond motifs is 3. The SMILES string of the molecule is CN1C(=O)c2ccccc2N2C(=O)CC[C@]12C(=O)OCc1ccccc1C#N. The number of hydrogen-bond donors (Lipinski definition) is 0. The first-order chi connectivity index (χ1) is 13.5. The van der Waals surface area contributed by atoms with Crippen molar-refractivity contribution >= 4 is 23.5 Å². The van der Waals surface area contributed by atoms with E-state index in [9.17, 15) is 19.6 Å². The van der Waals surface area contributed by atoms with Gasteiger partial charge in [-0.2, -0.15) is 5.26 Å². The number of amides is 2. The highest BCUT2D eigenvalue weighted by Crippen LogP contribution is 2.44. The number of hydrogen-bond acceptors (Lipinski definition) is 5. The molecule has 0 saturated carbocycles. The first-order valence-electron chi connectivity index (χ1n) is 8.86. The highest BCUT2D eigenvalue weighted by molar-refractivity contribution is 6.15. The third-order valence-corrected chi connectivity index (χ3v) is 5.37. The Kier molecular flexibility index (Phi) is 4.12. The highest BCUT2D eigenvalue weighted by Gasteiger charge is 2.60. The summed E-state index contributed by atoms with van der Waals surface area (Å²) in [5.41, 5.74) is 0.256. The summed E-state index contributed by atoms with van der Waals surface area (Å²) in [6.45, 7) is -0.115. The van der Waals surface area contributed by atoms with E-state index >= 15 is 0 Å². The number of anilines is 1. The van der Waals surface area contributed by atoms with Crippen molar-refractivity contribution in [1.82, 2.24) is 4.90 Å². The van der Waals surface area contributed by atoms with Gasteiger partial charge in [0, 0.05) is 25.5 Å². The molecular formula is C21H17N3O4. The molecule has 2 aliphatic rings. The van der Waals surface area contributed by atoms with Gasteiger partial charge in [0.2, 0.25) is 11.6 Å². The molecule has 0 spiro atoms. The lowest BCUT2D eigenvalue weighted by Gasteiger charge is -2.46.